The van der Waals surface area contributed by atoms with Crippen molar-refractivity contribution >= 4 is 31.6 Å². The smallest absolute Gasteiger partial charge is 0.255 e. The Labute approximate surface area is 184 Å². The molecule has 0 aromatic heterocycles. The molecule has 1 amide bonds. The Hall–Kier alpha value is -2.53. The number of anilines is 1. The van der Waals surface area contributed by atoms with Gasteiger partial charge in [0.2, 0.25) is 20.0 Å². The van der Waals surface area contributed by atoms with Gasteiger partial charge in [0.1, 0.15) is 0 Å². The lowest BCUT2D eigenvalue weighted by Gasteiger charge is -2.16. The van der Waals surface area contributed by atoms with Crippen LogP contribution in [0.2, 0.25) is 0 Å². The number of aryl methyl sites for hydroxylation is 1. The Balaban J connectivity index is 2.22. The molecule has 2 rings (SSSR count). The highest BCUT2D eigenvalue weighted by molar-refractivity contribution is 7.89. The summed E-state index contributed by atoms with van der Waals surface area (Å²) < 4.78 is 52.6. The van der Waals surface area contributed by atoms with E-state index in [4.69, 9.17) is 0 Å². The molecule has 0 bridgehead atoms. The molecule has 0 aliphatic rings. The van der Waals surface area contributed by atoms with Crippen molar-refractivity contribution in [2.45, 2.75) is 24.5 Å². The van der Waals surface area contributed by atoms with Crippen molar-refractivity contribution in [1.29, 1.82) is 0 Å². The molecule has 10 heteroatoms. The molecule has 0 saturated carbocycles. The lowest BCUT2D eigenvalue weighted by molar-refractivity contribution is 0.102. The van der Waals surface area contributed by atoms with Crippen LogP contribution in [0.4, 0.5) is 5.69 Å². The van der Waals surface area contributed by atoms with Crippen molar-refractivity contribution in [3.8, 4) is 0 Å². The monoisotopic (exact) mass is 465 g/mol. The zero-order chi connectivity index (χ0) is 23.4. The topological polar surface area (TPSA) is 113 Å². The maximum atomic E-state index is 12.7. The molecule has 168 valence electrons. The molecule has 0 saturated heterocycles. The Bertz CT molecular complexity index is 1190. The molecule has 0 radical (unpaired) electrons. The number of hydrogen-bond acceptors (Lipinski definition) is 5. The highest BCUT2D eigenvalue weighted by Gasteiger charge is 2.23. The number of carbonyl (C=O) groups excluding carboxylic acids is 1. The lowest BCUT2D eigenvalue weighted by atomic mass is 10.1. The molecule has 8 nitrogen and oxygen atoms in total. The Morgan fingerprint density at radius 1 is 1.06 bits per heavy atom. The fourth-order valence-electron chi connectivity index (χ4n) is 2.77. The van der Waals surface area contributed by atoms with Gasteiger partial charge >= 0.3 is 0 Å². The van der Waals surface area contributed by atoms with Gasteiger partial charge in [-0.15, -0.1) is 6.58 Å². The van der Waals surface area contributed by atoms with Crippen LogP contribution in [0, 0.1) is 13.8 Å². The third-order valence-electron chi connectivity index (χ3n) is 4.66. The van der Waals surface area contributed by atoms with E-state index >= 15 is 0 Å². The van der Waals surface area contributed by atoms with Crippen LogP contribution < -0.4 is 10.0 Å². The van der Waals surface area contributed by atoms with E-state index in [0.717, 1.165) is 4.31 Å². The van der Waals surface area contributed by atoms with Gasteiger partial charge in [0.25, 0.3) is 5.91 Å². The van der Waals surface area contributed by atoms with Crippen LogP contribution in [0.25, 0.3) is 0 Å². The van der Waals surface area contributed by atoms with E-state index < -0.39 is 26.0 Å². The van der Waals surface area contributed by atoms with Crippen LogP contribution in [0.5, 0.6) is 0 Å². The first-order chi connectivity index (χ1) is 14.4. The van der Waals surface area contributed by atoms with Crippen LogP contribution in [-0.2, 0) is 25.8 Å². The summed E-state index contributed by atoms with van der Waals surface area (Å²) in [6.07, 6.45) is 1.46. The minimum Gasteiger partial charge on any atom is -0.322 e. The van der Waals surface area contributed by atoms with Gasteiger partial charge < -0.3 is 5.32 Å². The third kappa shape index (κ3) is 6.23. The highest BCUT2D eigenvalue weighted by atomic mass is 32.2. The van der Waals surface area contributed by atoms with Crippen LogP contribution in [0.15, 0.2) is 53.9 Å². The molecule has 0 aliphatic heterocycles. The fraction of sp³-hybridized carbons (Fsp3) is 0.286. The molecule has 0 fully saturated rings. The minimum absolute atomic E-state index is 0.0789. The zero-order valence-corrected chi connectivity index (χ0v) is 19.6. The van der Waals surface area contributed by atoms with Crippen molar-refractivity contribution in [3.63, 3.8) is 0 Å². The SMILES string of the molecule is C=CCNS(=O)(=O)Cc1ccc(NC(=O)c2cc(C)c(C)c(S(=O)(=O)N(C)C)c2)cc1. The van der Waals surface area contributed by atoms with Crippen molar-refractivity contribution in [3.05, 3.63) is 71.3 Å². The van der Waals surface area contributed by atoms with Crippen molar-refractivity contribution < 1.29 is 21.6 Å². The minimum atomic E-state index is -3.70. The van der Waals surface area contributed by atoms with Gasteiger partial charge in [0, 0.05) is 31.9 Å². The van der Waals surface area contributed by atoms with Gasteiger partial charge in [-0.2, -0.15) is 0 Å². The third-order valence-corrected chi connectivity index (χ3v) is 7.92. The van der Waals surface area contributed by atoms with Gasteiger partial charge in [0.05, 0.1) is 10.6 Å². The van der Waals surface area contributed by atoms with Crippen LogP contribution in [0.3, 0.4) is 0 Å². The van der Waals surface area contributed by atoms with E-state index in [1.54, 1.807) is 44.2 Å². The predicted molar refractivity (Wildman–Crippen MR) is 122 cm³/mol. The van der Waals surface area contributed by atoms with Crippen LogP contribution >= 0.6 is 0 Å². The summed E-state index contributed by atoms with van der Waals surface area (Å²) in [6.45, 7) is 7.07. The van der Waals surface area contributed by atoms with Crippen LogP contribution in [-0.4, -0.2) is 47.7 Å². The predicted octanol–water partition coefficient (Wildman–Crippen LogP) is 2.41. The van der Waals surface area contributed by atoms with Crippen molar-refractivity contribution in [2.75, 3.05) is 26.0 Å². The molecule has 0 spiro atoms. The first-order valence-electron chi connectivity index (χ1n) is 9.39. The number of rotatable bonds is 9. The van der Waals surface area contributed by atoms with E-state index in [1.807, 2.05) is 0 Å². The second-order valence-electron chi connectivity index (χ2n) is 7.25. The highest BCUT2D eigenvalue weighted by Crippen LogP contribution is 2.24. The van der Waals surface area contributed by atoms with Gasteiger partial charge in [-0.1, -0.05) is 18.2 Å². The molecular weight excluding hydrogens is 438 g/mol. The zero-order valence-electron chi connectivity index (χ0n) is 18.0. The molecule has 31 heavy (non-hydrogen) atoms. The van der Waals surface area contributed by atoms with Gasteiger partial charge in [-0.05, 0) is 54.8 Å². The standard InChI is InChI=1S/C21H27N3O5S2/c1-6-11-22-30(26,27)14-17-7-9-19(10-8-17)23-21(25)18-12-15(2)16(3)20(13-18)31(28,29)24(4)5/h6-10,12-13,22H,1,11,14H2,2-5H3,(H,23,25). The summed E-state index contributed by atoms with van der Waals surface area (Å²) in [7, 11) is -4.31. The molecule has 0 atom stereocenters. The molecule has 0 unspecified atom stereocenters. The Morgan fingerprint density at radius 2 is 1.68 bits per heavy atom. The second kappa shape index (κ2) is 9.73. The van der Waals surface area contributed by atoms with Crippen molar-refractivity contribution in [1.82, 2.24) is 9.03 Å². The van der Waals surface area contributed by atoms with Gasteiger partial charge in [-0.25, -0.2) is 25.9 Å². The summed E-state index contributed by atoms with van der Waals surface area (Å²) in [5.74, 6) is -0.663. The normalized spacial score (nSPS) is 12.0. The summed E-state index contributed by atoms with van der Waals surface area (Å²) in [5.41, 5.74) is 2.49. The quantitative estimate of drug-likeness (QED) is 0.552. The fourth-order valence-corrected chi connectivity index (χ4v) is 5.09. The summed E-state index contributed by atoms with van der Waals surface area (Å²) >= 11 is 0. The molecule has 0 aliphatic carbocycles. The summed E-state index contributed by atoms with van der Waals surface area (Å²) in [5, 5.41) is 2.71. The molecule has 2 N–H and O–H groups in total. The maximum Gasteiger partial charge on any atom is 0.255 e. The maximum absolute atomic E-state index is 12.7. The largest absolute Gasteiger partial charge is 0.322 e. The number of hydrogen-bond donors (Lipinski definition) is 2. The van der Waals surface area contributed by atoms with Crippen molar-refractivity contribution in [2.24, 2.45) is 0 Å². The molecular formula is C21H27N3O5S2. The average Bonchev–Trinajstić information content (AvgIpc) is 2.69. The molecule has 2 aromatic carbocycles. The second-order valence-corrected chi connectivity index (χ2v) is 11.2. The van der Waals surface area contributed by atoms with Gasteiger partial charge in [-0.3, -0.25) is 4.79 Å². The van der Waals surface area contributed by atoms with E-state index in [0.29, 0.717) is 22.4 Å². The number of amides is 1. The van der Waals surface area contributed by atoms with Gasteiger partial charge in [0.15, 0.2) is 0 Å². The number of nitrogens with one attached hydrogen (secondary N) is 2. The number of sulfonamides is 2. The number of nitrogens with zero attached hydrogens (tertiary/aromatic N) is 1. The first kappa shape index (κ1) is 24.7. The van der Waals surface area contributed by atoms with E-state index in [2.05, 4.69) is 16.6 Å². The Kier molecular flexibility index (Phi) is 7.77. The lowest BCUT2D eigenvalue weighted by Crippen LogP contribution is -2.25. The van der Waals surface area contributed by atoms with E-state index in [9.17, 15) is 21.6 Å². The van der Waals surface area contributed by atoms with E-state index in [-0.39, 0.29) is 22.8 Å². The average molecular weight is 466 g/mol. The van der Waals surface area contributed by atoms with E-state index in [1.165, 1.54) is 26.2 Å². The molecule has 0 heterocycles. The Morgan fingerprint density at radius 3 is 2.23 bits per heavy atom. The summed E-state index contributed by atoms with van der Waals surface area (Å²) in [6, 6.07) is 9.38. The number of carbonyl (C=O) groups is 1. The van der Waals surface area contributed by atoms with Crippen LogP contribution in [0.1, 0.15) is 27.0 Å². The number of benzene rings is 2. The molecule has 2 aromatic rings. The first-order valence-corrected chi connectivity index (χ1v) is 12.5. The summed E-state index contributed by atoms with van der Waals surface area (Å²) in [4.78, 5) is 12.8.